The van der Waals surface area contributed by atoms with Crippen molar-refractivity contribution in [2.24, 2.45) is 5.92 Å². The zero-order chi connectivity index (χ0) is 14.7. The topological polar surface area (TPSA) is 75.4 Å². The number of nitrogens with one attached hydrogen (secondary N) is 1. The number of nitrogen functional groups attached to an aromatic ring is 1. The van der Waals surface area contributed by atoms with Crippen molar-refractivity contribution in [3.63, 3.8) is 0 Å². The molecule has 5 heteroatoms. The maximum atomic E-state index is 12.5. The molecule has 2 rings (SSSR count). The first-order valence-corrected chi connectivity index (χ1v) is 6.90. The second kappa shape index (κ2) is 5.94. The van der Waals surface area contributed by atoms with E-state index in [1.807, 2.05) is 19.1 Å². The SMILES string of the molecule is CNC(=O)C1CCN(C(=O)c2cc(C)ccc2N)CC1. The van der Waals surface area contributed by atoms with Crippen LogP contribution in [0.1, 0.15) is 28.8 Å². The Morgan fingerprint density at radius 1 is 1.30 bits per heavy atom. The highest BCUT2D eigenvalue weighted by Gasteiger charge is 2.27. The minimum atomic E-state index is -0.0402. The van der Waals surface area contributed by atoms with Gasteiger partial charge >= 0.3 is 0 Å². The van der Waals surface area contributed by atoms with E-state index < -0.39 is 0 Å². The molecule has 1 aromatic rings. The van der Waals surface area contributed by atoms with Gasteiger partial charge in [0, 0.05) is 31.7 Å². The van der Waals surface area contributed by atoms with Gasteiger partial charge in [0.15, 0.2) is 0 Å². The second-order valence-electron chi connectivity index (χ2n) is 5.27. The number of rotatable bonds is 2. The number of hydrogen-bond donors (Lipinski definition) is 2. The number of piperidine rings is 1. The van der Waals surface area contributed by atoms with Gasteiger partial charge in [-0.2, -0.15) is 0 Å². The van der Waals surface area contributed by atoms with Crippen molar-refractivity contribution in [2.75, 3.05) is 25.9 Å². The summed E-state index contributed by atoms with van der Waals surface area (Å²) >= 11 is 0. The molecule has 0 saturated carbocycles. The summed E-state index contributed by atoms with van der Waals surface area (Å²) in [7, 11) is 1.65. The van der Waals surface area contributed by atoms with Crippen LogP contribution in [0.3, 0.4) is 0 Å². The lowest BCUT2D eigenvalue weighted by Crippen LogP contribution is -2.42. The lowest BCUT2D eigenvalue weighted by molar-refractivity contribution is -0.125. The number of anilines is 1. The number of carbonyl (C=O) groups is 2. The van der Waals surface area contributed by atoms with Crippen molar-refractivity contribution in [1.82, 2.24) is 10.2 Å². The van der Waals surface area contributed by atoms with Gasteiger partial charge in [0.05, 0.1) is 5.56 Å². The summed E-state index contributed by atoms with van der Waals surface area (Å²) in [5, 5.41) is 2.66. The van der Waals surface area contributed by atoms with E-state index in [1.165, 1.54) is 0 Å². The van der Waals surface area contributed by atoms with Crippen LogP contribution in [0.15, 0.2) is 18.2 Å². The molecule has 0 aromatic heterocycles. The first kappa shape index (κ1) is 14.4. The van der Waals surface area contributed by atoms with Gasteiger partial charge in [0.25, 0.3) is 5.91 Å². The van der Waals surface area contributed by atoms with Crippen molar-refractivity contribution in [2.45, 2.75) is 19.8 Å². The maximum absolute atomic E-state index is 12.5. The summed E-state index contributed by atoms with van der Waals surface area (Å²) in [4.78, 5) is 25.8. The number of nitrogens with two attached hydrogens (primary N) is 1. The van der Waals surface area contributed by atoms with Crippen molar-refractivity contribution in [3.05, 3.63) is 29.3 Å². The molecule has 1 aromatic carbocycles. The molecule has 3 N–H and O–H groups in total. The summed E-state index contributed by atoms with van der Waals surface area (Å²) in [5.74, 6) is 0.0348. The van der Waals surface area contributed by atoms with Crippen molar-refractivity contribution >= 4 is 17.5 Å². The van der Waals surface area contributed by atoms with E-state index in [4.69, 9.17) is 5.73 Å². The van der Waals surface area contributed by atoms with Crippen LogP contribution in [0.25, 0.3) is 0 Å². The first-order valence-electron chi connectivity index (χ1n) is 6.90. The third kappa shape index (κ3) is 2.92. The Balaban J connectivity index is 2.05. The Kier molecular flexibility index (Phi) is 4.27. The molecule has 0 bridgehead atoms. The molecule has 108 valence electrons. The van der Waals surface area contributed by atoms with Crippen molar-refractivity contribution < 1.29 is 9.59 Å². The molecular formula is C15H21N3O2. The van der Waals surface area contributed by atoms with E-state index in [0.29, 0.717) is 37.2 Å². The van der Waals surface area contributed by atoms with E-state index in [2.05, 4.69) is 5.32 Å². The molecule has 1 saturated heterocycles. The fourth-order valence-corrected chi connectivity index (χ4v) is 2.57. The average molecular weight is 275 g/mol. The minimum Gasteiger partial charge on any atom is -0.398 e. The predicted molar refractivity (Wildman–Crippen MR) is 78.3 cm³/mol. The van der Waals surface area contributed by atoms with Gasteiger partial charge in [-0.15, -0.1) is 0 Å². The largest absolute Gasteiger partial charge is 0.398 e. The van der Waals surface area contributed by atoms with E-state index in [1.54, 1.807) is 18.0 Å². The van der Waals surface area contributed by atoms with Crippen LogP contribution < -0.4 is 11.1 Å². The average Bonchev–Trinajstić information content (AvgIpc) is 2.48. The lowest BCUT2D eigenvalue weighted by Gasteiger charge is -2.31. The number of carbonyl (C=O) groups excluding carboxylic acids is 2. The molecule has 1 fully saturated rings. The summed E-state index contributed by atoms with van der Waals surface area (Å²) in [6.45, 7) is 3.14. The van der Waals surface area contributed by atoms with Gasteiger partial charge in [-0.05, 0) is 31.9 Å². The van der Waals surface area contributed by atoms with E-state index in [9.17, 15) is 9.59 Å². The molecule has 1 aliphatic heterocycles. The number of nitrogens with zero attached hydrogens (tertiary/aromatic N) is 1. The van der Waals surface area contributed by atoms with Crippen LogP contribution in [0, 0.1) is 12.8 Å². The maximum Gasteiger partial charge on any atom is 0.255 e. The second-order valence-corrected chi connectivity index (χ2v) is 5.27. The first-order chi connectivity index (χ1) is 9.52. The van der Waals surface area contributed by atoms with Gasteiger partial charge in [0.2, 0.25) is 5.91 Å². The molecule has 1 heterocycles. The molecular weight excluding hydrogens is 254 g/mol. The predicted octanol–water partition coefficient (Wildman–Crippen LogP) is 1.18. The smallest absolute Gasteiger partial charge is 0.255 e. The van der Waals surface area contributed by atoms with Gasteiger partial charge < -0.3 is 16.0 Å². The molecule has 0 atom stereocenters. The van der Waals surface area contributed by atoms with Gasteiger partial charge in [0.1, 0.15) is 0 Å². The zero-order valence-corrected chi connectivity index (χ0v) is 12.0. The summed E-state index contributed by atoms with van der Waals surface area (Å²) in [5.41, 5.74) is 7.97. The molecule has 0 spiro atoms. The lowest BCUT2D eigenvalue weighted by atomic mass is 9.95. The number of amides is 2. The van der Waals surface area contributed by atoms with Crippen molar-refractivity contribution in [1.29, 1.82) is 0 Å². The highest BCUT2D eigenvalue weighted by molar-refractivity contribution is 5.99. The third-order valence-electron chi connectivity index (χ3n) is 3.84. The van der Waals surface area contributed by atoms with Gasteiger partial charge in [-0.3, -0.25) is 9.59 Å². The summed E-state index contributed by atoms with van der Waals surface area (Å²) in [6, 6.07) is 5.48. The molecule has 0 unspecified atom stereocenters. The van der Waals surface area contributed by atoms with E-state index in [-0.39, 0.29) is 17.7 Å². The highest BCUT2D eigenvalue weighted by Crippen LogP contribution is 2.22. The quantitative estimate of drug-likeness (QED) is 0.796. The molecule has 2 amide bonds. The number of hydrogen-bond acceptors (Lipinski definition) is 3. The summed E-state index contributed by atoms with van der Waals surface area (Å²) in [6.07, 6.45) is 1.41. The van der Waals surface area contributed by atoms with Crippen molar-refractivity contribution in [3.8, 4) is 0 Å². The van der Waals surface area contributed by atoms with Gasteiger partial charge in [-0.25, -0.2) is 0 Å². The Labute approximate surface area is 119 Å². The van der Waals surface area contributed by atoms with E-state index >= 15 is 0 Å². The Hall–Kier alpha value is -2.04. The van der Waals surface area contributed by atoms with Crippen LogP contribution in [0.2, 0.25) is 0 Å². The number of aryl methyl sites for hydroxylation is 1. The Morgan fingerprint density at radius 2 is 1.95 bits per heavy atom. The van der Waals surface area contributed by atoms with Crippen LogP contribution >= 0.6 is 0 Å². The van der Waals surface area contributed by atoms with E-state index in [0.717, 1.165) is 5.56 Å². The third-order valence-corrected chi connectivity index (χ3v) is 3.84. The number of likely N-dealkylation sites (tertiary alicyclic amines) is 1. The molecule has 0 aliphatic carbocycles. The highest BCUT2D eigenvalue weighted by atomic mass is 16.2. The Morgan fingerprint density at radius 3 is 2.55 bits per heavy atom. The van der Waals surface area contributed by atoms with Crippen LogP contribution in [-0.2, 0) is 4.79 Å². The van der Waals surface area contributed by atoms with Crippen LogP contribution in [0.4, 0.5) is 5.69 Å². The fraction of sp³-hybridized carbons (Fsp3) is 0.467. The Bertz CT molecular complexity index is 520. The normalized spacial score (nSPS) is 16.0. The molecule has 1 aliphatic rings. The monoisotopic (exact) mass is 275 g/mol. The van der Waals surface area contributed by atoms with Crippen LogP contribution in [-0.4, -0.2) is 36.9 Å². The fourth-order valence-electron chi connectivity index (χ4n) is 2.57. The number of benzene rings is 1. The van der Waals surface area contributed by atoms with Crippen LogP contribution in [0.5, 0.6) is 0 Å². The molecule has 20 heavy (non-hydrogen) atoms. The molecule has 0 radical (unpaired) electrons. The zero-order valence-electron chi connectivity index (χ0n) is 12.0. The molecule has 5 nitrogen and oxygen atoms in total. The summed E-state index contributed by atoms with van der Waals surface area (Å²) < 4.78 is 0. The standard InChI is InChI=1S/C15H21N3O2/c1-10-3-4-13(16)12(9-10)15(20)18-7-5-11(6-8-18)14(19)17-2/h3-4,9,11H,5-8,16H2,1-2H3,(H,17,19). The van der Waals surface area contributed by atoms with Gasteiger partial charge in [-0.1, -0.05) is 11.6 Å². The minimum absolute atomic E-state index is 0.0129.